The number of fused-ring (bicyclic) bond motifs is 1. The molecule has 0 aliphatic carbocycles. The van der Waals surface area contributed by atoms with E-state index in [4.69, 9.17) is 0 Å². The van der Waals surface area contributed by atoms with Crippen LogP contribution in [0.3, 0.4) is 0 Å². The third-order valence-electron chi connectivity index (χ3n) is 4.36. The van der Waals surface area contributed by atoms with Crippen LogP contribution in [0, 0.1) is 5.82 Å². The van der Waals surface area contributed by atoms with Crippen LogP contribution in [-0.4, -0.2) is 68.2 Å². The number of rotatable bonds is 3. The molecule has 4 rings (SSSR count). The lowest BCUT2D eigenvalue weighted by molar-refractivity contribution is 0.0628. The third-order valence-corrected chi connectivity index (χ3v) is 5.31. The summed E-state index contributed by atoms with van der Waals surface area (Å²) in [6, 6.07) is 6.21. The number of carbonyl (C=O) groups is 1. The van der Waals surface area contributed by atoms with Crippen molar-refractivity contribution in [2.75, 3.05) is 32.7 Å². The summed E-state index contributed by atoms with van der Waals surface area (Å²) in [5.41, 5.74) is 0.658. The molecule has 25 heavy (non-hydrogen) atoms. The van der Waals surface area contributed by atoms with Crippen molar-refractivity contribution in [2.24, 2.45) is 0 Å². The Balaban J connectivity index is 1.61. The van der Waals surface area contributed by atoms with Gasteiger partial charge in [-0.05, 0) is 18.7 Å². The molecule has 0 atom stereocenters. The van der Waals surface area contributed by atoms with Crippen molar-refractivity contribution in [3.8, 4) is 10.6 Å². The first kappa shape index (κ1) is 16.1. The molecule has 130 valence electrons. The molecule has 1 saturated heterocycles. The Kier molecular flexibility index (Phi) is 4.18. The molecule has 0 bridgehead atoms. The highest BCUT2D eigenvalue weighted by molar-refractivity contribution is 7.19. The van der Waals surface area contributed by atoms with Crippen LogP contribution in [0.25, 0.3) is 15.5 Å². The first-order chi connectivity index (χ1) is 12.2. The van der Waals surface area contributed by atoms with Gasteiger partial charge in [0.05, 0.1) is 0 Å². The van der Waals surface area contributed by atoms with Crippen LogP contribution in [0.15, 0.2) is 24.3 Å². The minimum absolute atomic E-state index is 0.167. The standard InChI is InChI=1S/C16H17FN6OS/c1-2-21-6-8-22(9-7-21)15(24)13-18-19-16-23(13)20-14(25-16)11-4-3-5-12(17)10-11/h3-5,10H,2,6-9H2,1H3. The van der Waals surface area contributed by atoms with Gasteiger partial charge >= 0.3 is 0 Å². The minimum atomic E-state index is -0.325. The Labute approximate surface area is 147 Å². The number of hydrogen-bond donors (Lipinski definition) is 0. The minimum Gasteiger partial charge on any atom is -0.333 e. The molecule has 2 aromatic heterocycles. The third kappa shape index (κ3) is 3.00. The zero-order valence-electron chi connectivity index (χ0n) is 13.7. The van der Waals surface area contributed by atoms with Crippen LogP contribution >= 0.6 is 11.3 Å². The highest BCUT2D eigenvalue weighted by Crippen LogP contribution is 2.26. The lowest BCUT2D eigenvalue weighted by Crippen LogP contribution is -2.48. The average molecular weight is 360 g/mol. The molecule has 0 radical (unpaired) electrons. The van der Waals surface area contributed by atoms with E-state index in [1.165, 1.54) is 28.0 Å². The molecule has 1 fully saturated rings. The molecule has 9 heteroatoms. The molecular formula is C16H17FN6OS. The topological polar surface area (TPSA) is 66.6 Å². The summed E-state index contributed by atoms with van der Waals surface area (Å²) in [5.74, 6) is -0.285. The van der Waals surface area contributed by atoms with Crippen LogP contribution in [0.1, 0.15) is 17.5 Å². The van der Waals surface area contributed by atoms with Crippen molar-refractivity contribution in [1.82, 2.24) is 29.6 Å². The molecule has 0 spiro atoms. The molecular weight excluding hydrogens is 343 g/mol. The highest BCUT2D eigenvalue weighted by atomic mass is 32.1. The van der Waals surface area contributed by atoms with Gasteiger partial charge in [-0.1, -0.05) is 30.4 Å². The van der Waals surface area contributed by atoms with E-state index in [2.05, 4.69) is 27.1 Å². The SMILES string of the molecule is CCN1CCN(C(=O)c2nnc3sc(-c4cccc(F)c4)nn23)CC1. The first-order valence-corrected chi connectivity index (χ1v) is 8.97. The highest BCUT2D eigenvalue weighted by Gasteiger charge is 2.26. The molecule has 3 heterocycles. The maximum absolute atomic E-state index is 13.4. The molecule has 0 saturated carbocycles. The Morgan fingerprint density at radius 3 is 2.76 bits per heavy atom. The number of carbonyl (C=O) groups excluding carboxylic acids is 1. The average Bonchev–Trinajstić information content (AvgIpc) is 3.22. The van der Waals surface area contributed by atoms with E-state index >= 15 is 0 Å². The summed E-state index contributed by atoms with van der Waals surface area (Å²) in [7, 11) is 0. The second-order valence-corrected chi connectivity index (χ2v) is 6.82. The van der Waals surface area contributed by atoms with E-state index in [9.17, 15) is 9.18 Å². The summed E-state index contributed by atoms with van der Waals surface area (Å²) in [6.45, 7) is 6.15. The van der Waals surface area contributed by atoms with Crippen LogP contribution in [0.4, 0.5) is 4.39 Å². The van der Waals surface area contributed by atoms with Gasteiger partial charge in [-0.25, -0.2) is 4.39 Å². The van der Waals surface area contributed by atoms with E-state index in [0.717, 1.165) is 19.6 Å². The van der Waals surface area contributed by atoms with Crippen LogP contribution in [0.2, 0.25) is 0 Å². The normalized spacial score (nSPS) is 15.8. The number of nitrogens with zero attached hydrogens (tertiary/aromatic N) is 6. The van der Waals surface area contributed by atoms with Gasteiger partial charge in [-0.3, -0.25) is 4.79 Å². The summed E-state index contributed by atoms with van der Waals surface area (Å²) in [5, 5.41) is 13.1. The molecule has 1 amide bonds. The molecule has 1 aromatic carbocycles. The van der Waals surface area contributed by atoms with E-state index in [1.807, 2.05) is 0 Å². The fraction of sp³-hybridized carbons (Fsp3) is 0.375. The molecule has 7 nitrogen and oxygen atoms in total. The molecule has 0 unspecified atom stereocenters. The van der Waals surface area contributed by atoms with Gasteiger partial charge in [-0.15, -0.1) is 10.2 Å². The number of benzene rings is 1. The number of hydrogen-bond acceptors (Lipinski definition) is 6. The van der Waals surface area contributed by atoms with Gasteiger partial charge in [0.15, 0.2) is 0 Å². The van der Waals surface area contributed by atoms with Crippen LogP contribution in [0.5, 0.6) is 0 Å². The van der Waals surface area contributed by atoms with Crippen molar-refractivity contribution in [3.05, 3.63) is 35.9 Å². The monoisotopic (exact) mass is 360 g/mol. The number of amides is 1. The van der Waals surface area contributed by atoms with Gasteiger partial charge < -0.3 is 9.80 Å². The number of piperazine rings is 1. The van der Waals surface area contributed by atoms with Gasteiger partial charge in [0.2, 0.25) is 10.8 Å². The molecule has 1 aliphatic heterocycles. The van der Waals surface area contributed by atoms with E-state index in [0.29, 0.717) is 28.6 Å². The smallest absolute Gasteiger partial charge is 0.293 e. The predicted octanol–water partition coefficient (Wildman–Crippen LogP) is 1.77. The predicted molar refractivity (Wildman–Crippen MR) is 92.1 cm³/mol. The number of halogens is 1. The Bertz CT molecular complexity index is 914. The Hall–Kier alpha value is -2.39. The van der Waals surface area contributed by atoms with E-state index in [1.54, 1.807) is 17.0 Å². The van der Waals surface area contributed by atoms with Gasteiger partial charge in [-0.2, -0.15) is 9.61 Å². The molecule has 0 N–H and O–H groups in total. The summed E-state index contributed by atoms with van der Waals surface area (Å²) in [6.07, 6.45) is 0. The van der Waals surface area contributed by atoms with Gasteiger partial charge in [0.25, 0.3) is 5.91 Å². The van der Waals surface area contributed by atoms with E-state index < -0.39 is 0 Å². The van der Waals surface area contributed by atoms with Crippen LogP contribution in [-0.2, 0) is 0 Å². The van der Waals surface area contributed by atoms with Crippen molar-refractivity contribution in [2.45, 2.75) is 6.92 Å². The fourth-order valence-electron chi connectivity index (χ4n) is 2.90. The van der Waals surface area contributed by atoms with Crippen molar-refractivity contribution >= 4 is 22.2 Å². The lowest BCUT2D eigenvalue weighted by Gasteiger charge is -2.33. The second-order valence-electron chi connectivity index (χ2n) is 5.86. The zero-order valence-corrected chi connectivity index (χ0v) is 14.5. The Morgan fingerprint density at radius 2 is 2.04 bits per heavy atom. The fourth-order valence-corrected chi connectivity index (χ4v) is 3.73. The summed E-state index contributed by atoms with van der Waals surface area (Å²) in [4.78, 5) is 17.4. The zero-order chi connectivity index (χ0) is 17.4. The van der Waals surface area contributed by atoms with Crippen LogP contribution < -0.4 is 0 Å². The van der Waals surface area contributed by atoms with Crippen molar-refractivity contribution in [3.63, 3.8) is 0 Å². The second kappa shape index (κ2) is 6.49. The number of likely N-dealkylation sites (N-methyl/N-ethyl adjacent to an activating group) is 1. The Morgan fingerprint density at radius 1 is 1.24 bits per heavy atom. The largest absolute Gasteiger partial charge is 0.333 e. The van der Waals surface area contributed by atoms with Crippen molar-refractivity contribution < 1.29 is 9.18 Å². The van der Waals surface area contributed by atoms with Gasteiger partial charge in [0, 0.05) is 31.7 Å². The lowest BCUT2D eigenvalue weighted by atomic mass is 10.2. The first-order valence-electron chi connectivity index (χ1n) is 8.15. The summed E-state index contributed by atoms with van der Waals surface area (Å²) >= 11 is 1.28. The quantitative estimate of drug-likeness (QED) is 0.712. The molecule has 1 aliphatic rings. The maximum atomic E-state index is 13.4. The molecule has 3 aromatic rings. The van der Waals surface area contributed by atoms with Gasteiger partial charge in [0.1, 0.15) is 10.8 Å². The van der Waals surface area contributed by atoms with Crippen molar-refractivity contribution in [1.29, 1.82) is 0 Å². The maximum Gasteiger partial charge on any atom is 0.293 e. The number of aromatic nitrogens is 4. The summed E-state index contributed by atoms with van der Waals surface area (Å²) < 4.78 is 14.9. The van der Waals surface area contributed by atoms with E-state index in [-0.39, 0.29) is 17.5 Å².